The molecule has 0 saturated carbocycles. The van der Waals surface area contributed by atoms with Crippen molar-refractivity contribution < 1.29 is 24.2 Å². The number of hydrogen-bond donors (Lipinski definition) is 1. The van der Waals surface area contributed by atoms with Gasteiger partial charge in [-0.05, 0) is 48.7 Å². The second-order valence-electron chi connectivity index (χ2n) is 6.59. The largest absolute Gasteiger partial charge is 0.463 e. The summed E-state index contributed by atoms with van der Waals surface area (Å²) in [5.41, 5.74) is 8.02. The van der Waals surface area contributed by atoms with E-state index in [1.54, 1.807) is 6.92 Å². The number of aryl methyl sites for hydroxylation is 1. The van der Waals surface area contributed by atoms with Gasteiger partial charge in [-0.25, -0.2) is 4.79 Å². The van der Waals surface area contributed by atoms with Crippen molar-refractivity contribution in [2.45, 2.75) is 26.2 Å². The average molecular weight is 427 g/mol. The van der Waals surface area contributed by atoms with E-state index in [1.165, 1.54) is 17.7 Å². The van der Waals surface area contributed by atoms with Gasteiger partial charge in [0.2, 0.25) is 0 Å². The summed E-state index contributed by atoms with van der Waals surface area (Å²) in [5, 5.41) is 21.3. The second-order valence-corrected chi connectivity index (χ2v) is 6.59. The Labute approximate surface area is 177 Å². The first-order valence-electron chi connectivity index (χ1n) is 9.38. The summed E-state index contributed by atoms with van der Waals surface area (Å²) in [5.74, 6) is -0.316. The van der Waals surface area contributed by atoms with Crippen LogP contribution in [-0.2, 0) is 27.2 Å². The number of benzene rings is 2. The summed E-state index contributed by atoms with van der Waals surface area (Å²) in [6.07, 6.45) is 4.35. The highest BCUT2D eigenvalue weighted by Gasteiger charge is 2.18. The Hall–Kier alpha value is -4.08. The number of rotatable bonds is 5. The lowest BCUT2D eigenvalue weighted by Gasteiger charge is -2.14. The van der Waals surface area contributed by atoms with Crippen molar-refractivity contribution in [2.24, 2.45) is 0 Å². The Morgan fingerprint density at radius 1 is 1.10 bits per heavy atom. The monoisotopic (exact) mass is 427 g/mol. The number of nitrogen functional groups attached to an aromatic ring is 1. The molecular weight excluding hydrogens is 406 g/mol. The van der Waals surface area contributed by atoms with Gasteiger partial charge in [0, 0.05) is 30.7 Å². The van der Waals surface area contributed by atoms with Gasteiger partial charge in [0.15, 0.2) is 0 Å². The van der Waals surface area contributed by atoms with Gasteiger partial charge in [-0.1, -0.05) is 6.07 Å². The van der Waals surface area contributed by atoms with Gasteiger partial charge in [0.25, 0.3) is 11.4 Å². The first kappa shape index (κ1) is 23.2. The van der Waals surface area contributed by atoms with E-state index in [1.807, 2.05) is 18.2 Å². The summed E-state index contributed by atoms with van der Waals surface area (Å²) < 4.78 is 4.62. The smallest absolute Gasteiger partial charge is 0.330 e. The lowest BCUT2D eigenvalue weighted by atomic mass is 9.91. The number of ether oxygens (including phenoxy) is 1. The molecule has 0 unspecified atom stereocenters. The molecule has 3 rings (SSSR count). The highest BCUT2D eigenvalue weighted by atomic mass is 16.6. The fourth-order valence-electron chi connectivity index (χ4n) is 2.92. The SMILES string of the molecule is CCOC(=O)/C=C/c1ccc([N+](=O)[O-])cc1[N+](=O)[O-].Nc1ccc2c(c1)CC(=O)CC2. The van der Waals surface area contributed by atoms with Crippen molar-refractivity contribution in [3.05, 3.63) is 79.4 Å². The number of fused-ring (bicyclic) bond motifs is 1. The molecule has 0 aliphatic heterocycles. The molecule has 2 N–H and O–H groups in total. The maximum absolute atomic E-state index is 11.1. The van der Waals surface area contributed by atoms with Crippen LogP contribution in [0.5, 0.6) is 0 Å². The first-order chi connectivity index (χ1) is 14.7. The predicted octanol–water partition coefficient (Wildman–Crippen LogP) is 3.41. The Kier molecular flexibility index (Phi) is 7.95. The molecule has 0 saturated heterocycles. The Morgan fingerprint density at radius 3 is 2.48 bits per heavy atom. The van der Waals surface area contributed by atoms with Gasteiger partial charge in [0.05, 0.1) is 28.1 Å². The number of carbonyl (C=O) groups is 2. The third-order valence-electron chi connectivity index (χ3n) is 4.40. The predicted molar refractivity (Wildman–Crippen MR) is 113 cm³/mol. The molecule has 0 heterocycles. The van der Waals surface area contributed by atoms with Crippen molar-refractivity contribution in [1.29, 1.82) is 0 Å². The zero-order valence-corrected chi connectivity index (χ0v) is 16.8. The fourth-order valence-corrected chi connectivity index (χ4v) is 2.92. The normalized spacial score (nSPS) is 12.5. The molecule has 2 aromatic carbocycles. The van der Waals surface area contributed by atoms with Crippen molar-refractivity contribution >= 4 is 34.9 Å². The molecule has 0 atom stereocenters. The standard InChI is InChI=1S/C11H10N2O6.C10H11NO/c1-2-19-11(14)6-4-8-3-5-9(12(15)16)7-10(8)13(17)18;11-9-3-1-7-2-4-10(12)6-8(7)5-9/h3-7H,2H2,1H3;1,3,5H,2,4,6,11H2/b6-4+;. The van der Waals surface area contributed by atoms with E-state index < -0.39 is 21.5 Å². The zero-order chi connectivity index (χ0) is 23.0. The average Bonchev–Trinajstić information content (AvgIpc) is 2.72. The quantitative estimate of drug-likeness (QED) is 0.250. The number of Topliss-reactive ketones (excluding diaryl/α,β-unsaturated/α-hetero) is 1. The zero-order valence-electron chi connectivity index (χ0n) is 16.8. The van der Waals surface area contributed by atoms with Crippen molar-refractivity contribution in [1.82, 2.24) is 0 Å². The number of non-ortho nitro benzene ring substituents is 1. The fraction of sp³-hybridized carbons (Fsp3) is 0.238. The Bertz CT molecular complexity index is 1050. The maximum atomic E-state index is 11.1. The summed E-state index contributed by atoms with van der Waals surface area (Å²) in [7, 11) is 0. The number of ketones is 1. The molecule has 31 heavy (non-hydrogen) atoms. The van der Waals surface area contributed by atoms with Crippen LogP contribution in [0.2, 0.25) is 0 Å². The third-order valence-corrected chi connectivity index (χ3v) is 4.40. The third kappa shape index (κ3) is 6.74. The summed E-state index contributed by atoms with van der Waals surface area (Å²) in [6.45, 7) is 1.81. The van der Waals surface area contributed by atoms with Crippen LogP contribution in [-0.4, -0.2) is 28.2 Å². The van der Waals surface area contributed by atoms with Gasteiger partial charge < -0.3 is 10.5 Å². The van der Waals surface area contributed by atoms with Crippen molar-refractivity contribution in [3.63, 3.8) is 0 Å². The van der Waals surface area contributed by atoms with E-state index >= 15 is 0 Å². The van der Waals surface area contributed by atoms with Crippen molar-refractivity contribution in [3.8, 4) is 0 Å². The lowest BCUT2D eigenvalue weighted by molar-refractivity contribution is -0.394. The molecule has 0 radical (unpaired) electrons. The van der Waals surface area contributed by atoms with E-state index in [4.69, 9.17) is 5.73 Å². The molecule has 0 fully saturated rings. The molecule has 10 nitrogen and oxygen atoms in total. The van der Waals surface area contributed by atoms with Gasteiger partial charge in [-0.2, -0.15) is 0 Å². The summed E-state index contributed by atoms with van der Waals surface area (Å²) in [6, 6.07) is 8.99. The topological polar surface area (TPSA) is 156 Å². The molecule has 162 valence electrons. The van der Waals surface area contributed by atoms with Crippen LogP contribution < -0.4 is 5.73 Å². The molecule has 0 amide bonds. The first-order valence-corrected chi connectivity index (χ1v) is 9.38. The number of anilines is 1. The number of carbonyl (C=O) groups excluding carboxylic acids is 2. The summed E-state index contributed by atoms with van der Waals surface area (Å²) >= 11 is 0. The highest BCUT2D eigenvalue weighted by molar-refractivity contribution is 5.88. The van der Waals surface area contributed by atoms with Crippen LogP contribution in [0, 0.1) is 20.2 Å². The van der Waals surface area contributed by atoms with Crippen LogP contribution in [0.25, 0.3) is 6.08 Å². The highest BCUT2D eigenvalue weighted by Crippen LogP contribution is 2.25. The van der Waals surface area contributed by atoms with Gasteiger partial charge in [-0.3, -0.25) is 25.0 Å². The molecule has 0 aromatic heterocycles. The number of esters is 1. The number of nitrogens with two attached hydrogens (primary N) is 1. The van der Waals surface area contributed by atoms with Gasteiger partial charge in [0.1, 0.15) is 5.78 Å². The van der Waals surface area contributed by atoms with Crippen LogP contribution in [0.1, 0.15) is 30.0 Å². The molecule has 1 aliphatic carbocycles. The summed E-state index contributed by atoms with van der Waals surface area (Å²) in [4.78, 5) is 42.0. The molecule has 2 aromatic rings. The molecule has 0 spiro atoms. The molecule has 10 heteroatoms. The molecule has 1 aliphatic rings. The number of nitro groups is 2. The van der Waals surface area contributed by atoms with E-state index in [-0.39, 0.29) is 17.9 Å². The van der Waals surface area contributed by atoms with E-state index in [2.05, 4.69) is 4.74 Å². The van der Waals surface area contributed by atoms with Crippen LogP contribution in [0.3, 0.4) is 0 Å². The van der Waals surface area contributed by atoms with Crippen LogP contribution in [0.15, 0.2) is 42.5 Å². The van der Waals surface area contributed by atoms with Crippen molar-refractivity contribution in [2.75, 3.05) is 12.3 Å². The number of nitro benzene ring substituents is 2. The van der Waals surface area contributed by atoms with Crippen LogP contribution >= 0.6 is 0 Å². The minimum atomic E-state index is -0.752. The Morgan fingerprint density at radius 2 is 1.84 bits per heavy atom. The van der Waals surface area contributed by atoms with Crippen LogP contribution in [0.4, 0.5) is 17.1 Å². The van der Waals surface area contributed by atoms with Gasteiger partial charge >= 0.3 is 5.97 Å². The minimum absolute atomic E-state index is 0.0867. The maximum Gasteiger partial charge on any atom is 0.330 e. The minimum Gasteiger partial charge on any atom is -0.463 e. The second kappa shape index (κ2) is 10.6. The molecular formula is C21H21N3O7. The van der Waals surface area contributed by atoms with Gasteiger partial charge in [-0.15, -0.1) is 0 Å². The van der Waals surface area contributed by atoms with E-state index in [9.17, 15) is 29.8 Å². The lowest BCUT2D eigenvalue weighted by Crippen LogP contribution is -2.13. The number of hydrogen-bond acceptors (Lipinski definition) is 8. The Balaban J connectivity index is 0.000000242. The molecule has 0 bridgehead atoms. The van der Waals surface area contributed by atoms with E-state index in [0.29, 0.717) is 18.6 Å². The van der Waals surface area contributed by atoms with E-state index in [0.717, 1.165) is 35.9 Å². The number of nitrogens with zero attached hydrogens (tertiary/aromatic N) is 2.